The molecular weight excluding hydrogens is 635 g/mol. The number of thiazole rings is 2. The van der Waals surface area contributed by atoms with Crippen molar-refractivity contribution < 1.29 is 13.9 Å². The molecule has 242 valence electrons. The molecule has 0 unspecified atom stereocenters. The van der Waals surface area contributed by atoms with Crippen LogP contribution in [0.1, 0.15) is 76.3 Å². The zero-order valence-corrected chi connectivity index (χ0v) is 28.0. The molecule has 4 heterocycles. The highest BCUT2D eigenvalue weighted by molar-refractivity contribution is 7.20. The van der Waals surface area contributed by atoms with E-state index in [1.807, 2.05) is 12.1 Å². The van der Waals surface area contributed by atoms with Crippen molar-refractivity contribution in [3.63, 3.8) is 0 Å². The van der Waals surface area contributed by atoms with E-state index in [0.29, 0.717) is 54.8 Å². The third-order valence-corrected chi connectivity index (χ3v) is 10.1. The van der Waals surface area contributed by atoms with Crippen molar-refractivity contribution in [3.05, 3.63) is 84.0 Å². The molecule has 47 heavy (non-hydrogen) atoms. The normalized spacial score (nSPS) is 11.5. The van der Waals surface area contributed by atoms with E-state index in [1.165, 1.54) is 34.8 Å². The van der Waals surface area contributed by atoms with Gasteiger partial charge < -0.3 is 13.9 Å². The first kappa shape index (κ1) is 32.5. The molecule has 0 spiro atoms. The molecule has 0 amide bonds. The summed E-state index contributed by atoms with van der Waals surface area (Å²) in [5.74, 6) is 0.131. The summed E-state index contributed by atoms with van der Waals surface area (Å²) in [5, 5.41) is 19.8. The fraction of sp³-hybridized carbons (Fsp3) is 0.333. The summed E-state index contributed by atoms with van der Waals surface area (Å²) in [6.07, 6.45) is 10.1. The second kappa shape index (κ2) is 14.5. The summed E-state index contributed by atoms with van der Waals surface area (Å²) in [4.78, 5) is 46.8. The fourth-order valence-corrected chi connectivity index (χ4v) is 7.41. The average Bonchev–Trinajstić information content (AvgIpc) is 3.75. The summed E-state index contributed by atoms with van der Waals surface area (Å²) in [7, 11) is 0. The van der Waals surface area contributed by atoms with Gasteiger partial charge in [-0.2, -0.15) is 0 Å². The predicted molar refractivity (Wildman–Crippen MR) is 189 cm³/mol. The van der Waals surface area contributed by atoms with Crippen molar-refractivity contribution in [2.45, 2.75) is 78.1 Å². The molecule has 0 bridgehead atoms. The van der Waals surface area contributed by atoms with E-state index in [1.54, 1.807) is 22.9 Å². The van der Waals surface area contributed by atoms with Gasteiger partial charge in [-0.25, -0.2) is 19.6 Å². The largest absolute Gasteiger partial charge is 0.508 e. The Labute approximate surface area is 278 Å². The number of fused-ring (bicyclic) bond motifs is 2. The molecule has 2 aromatic carbocycles. The van der Waals surface area contributed by atoms with Crippen LogP contribution in [-0.2, 0) is 12.8 Å². The first-order chi connectivity index (χ1) is 22.9. The van der Waals surface area contributed by atoms with Gasteiger partial charge in [-0.15, -0.1) is 27.6 Å². The van der Waals surface area contributed by atoms with Gasteiger partial charge in [0.15, 0.2) is 10.0 Å². The van der Waals surface area contributed by atoms with Gasteiger partial charge in [-0.05, 0) is 66.3 Å². The Morgan fingerprint density at radius 3 is 1.72 bits per heavy atom. The monoisotopic (exact) mass is 669 g/mol. The number of phenolic OH excluding ortho intramolecular Hbond substituents is 1. The lowest BCUT2D eigenvalue weighted by atomic mass is 10.0. The molecule has 0 atom stereocenters. The molecule has 4 aromatic heterocycles. The van der Waals surface area contributed by atoms with Crippen LogP contribution in [0.25, 0.3) is 54.5 Å². The van der Waals surface area contributed by atoms with E-state index in [0.717, 1.165) is 80.7 Å². The number of phenols is 1. The summed E-state index contributed by atoms with van der Waals surface area (Å²) in [6.45, 7) is 4.31. The van der Waals surface area contributed by atoms with Crippen molar-refractivity contribution in [2.24, 2.45) is 5.18 Å². The van der Waals surface area contributed by atoms with E-state index in [4.69, 9.17) is 18.8 Å². The molecule has 11 heteroatoms. The van der Waals surface area contributed by atoms with Gasteiger partial charge in [0.1, 0.15) is 22.6 Å². The van der Waals surface area contributed by atoms with E-state index in [2.05, 4.69) is 19.0 Å². The number of nitroso groups, excluding NO2 is 1. The second-order valence-electron chi connectivity index (χ2n) is 11.7. The maximum absolute atomic E-state index is 13.0. The first-order valence-corrected chi connectivity index (χ1v) is 17.8. The minimum atomic E-state index is -0.564. The van der Waals surface area contributed by atoms with Gasteiger partial charge in [0.05, 0.1) is 22.5 Å². The van der Waals surface area contributed by atoms with E-state index < -0.39 is 11.3 Å². The molecule has 0 radical (unpaired) electrons. The summed E-state index contributed by atoms with van der Waals surface area (Å²) in [6, 6.07) is 10.3. The maximum Gasteiger partial charge on any atom is 0.345 e. The third-order valence-electron chi connectivity index (χ3n) is 8.31. The van der Waals surface area contributed by atoms with Crippen LogP contribution in [0.2, 0.25) is 0 Å². The number of aromatic hydroxyl groups is 1. The molecule has 0 aliphatic rings. The smallest absolute Gasteiger partial charge is 0.345 e. The molecule has 6 aromatic rings. The van der Waals surface area contributed by atoms with E-state index >= 15 is 0 Å². The van der Waals surface area contributed by atoms with Crippen LogP contribution in [0.15, 0.2) is 70.8 Å². The highest BCUT2D eigenvalue weighted by Crippen LogP contribution is 2.35. The van der Waals surface area contributed by atoms with Crippen molar-refractivity contribution in [3.8, 4) is 38.3 Å². The molecule has 0 aliphatic heterocycles. The van der Waals surface area contributed by atoms with Gasteiger partial charge in [0.2, 0.25) is 0 Å². The number of hydrogen-bond acceptors (Lipinski definition) is 11. The van der Waals surface area contributed by atoms with Crippen molar-refractivity contribution in [1.29, 1.82) is 0 Å². The van der Waals surface area contributed by atoms with Crippen LogP contribution in [0, 0.1) is 4.91 Å². The number of rotatable bonds is 14. The lowest BCUT2D eigenvalue weighted by Crippen LogP contribution is -2.03. The quantitative estimate of drug-likeness (QED) is 0.0687. The van der Waals surface area contributed by atoms with Crippen molar-refractivity contribution in [1.82, 2.24) is 9.97 Å². The van der Waals surface area contributed by atoms with Crippen LogP contribution in [0.4, 0.5) is 5.69 Å². The second-order valence-corrected chi connectivity index (χ2v) is 13.4. The molecule has 6 rings (SSSR count). The predicted octanol–water partition coefficient (Wildman–Crippen LogP) is 10.2. The molecular formula is C36H35N3O6S2. The number of benzene rings is 2. The Kier molecular flexibility index (Phi) is 10.0. The van der Waals surface area contributed by atoms with Crippen LogP contribution >= 0.6 is 22.7 Å². The van der Waals surface area contributed by atoms with Crippen molar-refractivity contribution in [2.75, 3.05) is 0 Å². The molecule has 0 saturated carbocycles. The van der Waals surface area contributed by atoms with Crippen LogP contribution in [0.5, 0.6) is 5.75 Å². The zero-order chi connectivity index (χ0) is 32.9. The summed E-state index contributed by atoms with van der Waals surface area (Å²) < 4.78 is 11.2. The molecule has 1 N–H and O–H groups in total. The molecule has 9 nitrogen and oxygen atoms in total. The Bertz CT molecular complexity index is 2180. The number of unbranched alkanes of at least 4 members (excludes halogenated alkanes) is 6. The summed E-state index contributed by atoms with van der Waals surface area (Å²) in [5.41, 5.74) is 3.02. The summed E-state index contributed by atoms with van der Waals surface area (Å²) >= 11 is 2.68. The maximum atomic E-state index is 13.0. The topological polar surface area (TPSA) is 136 Å². The SMILES string of the molecule is CCCCCCc1cc2cc(-c3csc(-c4nc(-c5cc6cc(CCCCCC)c(N=O)cc6oc5=O)cs4)n3)c(=O)oc2cc1O. The number of aryl methyl sites for hydroxylation is 2. The van der Waals surface area contributed by atoms with Crippen LogP contribution in [-0.4, -0.2) is 15.1 Å². The van der Waals surface area contributed by atoms with Gasteiger partial charge in [0, 0.05) is 33.7 Å². The zero-order valence-electron chi connectivity index (χ0n) is 26.3. The van der Waals surface area contributed by atoms with Crippen LogP contribution < -0.4 is 11.3 Å². The van der Waals surface area contributed by atoms with Gasteiger partial charge in [-0.1, -0.05) is 52.4 Å². The number of hydrogen-bond donors (Lipinski definition) is 1. The highest BCUT2D eigenvalue weighted by Gasteiger charge is 2.18. The van der Waals surface area contributed by atoms with Gasteiger partial charge in [-0.3, -0.25) is 0 Å². The highest BCUT2D eigenvalue weighted by atomic mass is 32.1. The number of aromatic nitrogens is 2. The molecule has 0 saturated heterocycles. The Hall–Kier alpha value is -4.48. The minimum absolute atomic E-state index is 0.131. The van der Waals surface area contributed by atoms with Crippen LogP contribution in [0.3, 0.4) is 0 Å². The Balaban J connectivity index is 1.27. The van der Waals surface area contributed by atoms with E-state index in [-0.39, 0.29) is 5.75 Å². The number of nitrogens with zero attached hydrogens (tertiary/aromatic N) is 3. The lowest BCUT2D eigenvalue weighted by Gasteiger charge is -2.07. The minimum Gasteiger partial charge on any atom is -0.508 e. The molecule has 0 fully saturated rings. The van der Waals surface area contributed by atoms with Gasteiger partial charge in [0.25, 0.3) is 0 Å². The molecule has 0 aliphatic carbocycles. The lowest BCUT2D eigenvalue weighted by molar-refractivity contribution is 0.464. The fourth-order valence-electron chi connectivity index (χ4n) is 5.73. The standard InChI is InChI=1S/C36H35N3O6S2/c1-3-5-7-9-11-21-13-23-15-25(35(41)44-31(23)17-27(21)39-43)28-19-46-33(37-28)34-38-29(20-47-34)26-16-24-14-22(12-10-8-6-4-2)30(40)18-32(24)45-36(26)42/h13-20,40H,3-12H2,1-2H3. The first-order valence-electron chi connectivity index (χ1n) is 16.0. The Morgan fingerprint density at radius 2 is 1.19 bits per heavy atom. The average molecular weight is 670 g/mol. The van der Waals surface area contributed by atoms with Gasteiger partial charge >= 0.3 is 11.3 Å². The third kappa shape index (κ3) is 7.11. The Morgan fingerprint density at radius 1 is 0.681 bits per heavy atom. The van der Waals surface area contributed by atoms with Crippen molar-refractivity contribution >= 4 is 50.3 Å². The van der Waals surface area contributed by atoms with E-state index in [9.17, 15) is 19.6 Å².